The van der Waals surface area contributed by atoms with Crippen LogP contribution in [0, 0.1) is 0 Å². The number of hydrogen-bond donors (Lipinski definition) is 0. The molecule has 1 rings (SSSR count). The first-order valence-electron chi connectivity index (χ1n) is 5.23. The molecule has 15 heavy (non-hydrogen) atoms. The van der Waals surface area contributed by atoms with Crippen molar-refractivity contribution in [2.75, 3.05) is 0 Å². The highest BCUT2D eigenvalue weighted by atomic mass is 79.9. The second-order valence-corrected chi connectivity index (χ2v) is 4.43. The van der Waals surface area contributed by atoms with Crippen LogP contribution in [0.1, 0.15) is 25.8 Å². The molecule has 0 aromatic heterocycles. The monoisotopic (exact) mass is 268 g/mol. The quantitative estimate of drug-likeness (QED) is 0.722. The molecule has 82 valence electrons. The fourth-order valence-electron chi connectivity index (χ4n) is 1.36. The van der Waals surface area contributed by atoms with Gasteiger partial charge in [-0.25, -0.2) is 0 Å². The van der Waals surface area contributed by atoms with Gasteiger partial charge in [0.15, 0.2) is 0 Å². The minimum Gasteiger partial charge on any atom is -0.489 e. The Morgan fingerprint density at radius 3 is 2.80 bits per heavy atom. The average molecular weight is 269 g/mol. The largest absolute Gasteiger partial charge is 0.489 e. The van der Waals surface area contributed by atoms with Crippen LogP contribution in [0.15, 0.2) is 35.3 Å². The zero-order valence-electron chi connectivity index (χ0n) is 9.29. The lowest BCUT2D eigenvalue weighted by Crippen LogP contribution is -2.10. The molecule has 0 fully saturated rings. The van der Waals surface area contributed by atoms with E-state index in [0.717, 1.165) is 23.1 Å². The Hall–Kier alpha value is -0.760. The van der Waals surface area contributed by atoms with Crippen LogP contribution < -0.4 is 4.74 Å². The van der Waals surface area contributed by atoms with Gasteiger partial charge in [0.1, 0.15) is 5.75 Å². The van der Waals surface area contributed by atoms with Gasteiger partial charge in [0.2, 0.25) is 0 Å². The highest BCUT2D eigenvalue weighted by Gasteiger charge is 2.05. The first kappa shape index (κ1) is 12.3. The molecule has 1 unspecified atom stereocenters. The van der Waals surface area contributed by atoms with Gasteiger partial charge in [-0.05, 0) is 47.0 Å². The van der Waals surface area contributed by atoms with Crippen molar-refractivity contribution in [3.63, 3.8) is 0 Å². The summed E-state index contributed by atoms with van der Waals surface area (Å²) >= 11 is 3.52. The lowest BCUT2D eigenvalue weighted by molar-refractivity contribution is 0.224. The third kappa shape index (κ3) is 3.71. The normalized spacial score (nSPS) is 12.2. The standard InChI is InChI=1S/C13H17BrO/c1-4-6-10(3)15-13-8-7-11(5-2)9-12(13)14/h4,7-10H,1,5-6H2,2-3H3. The molecule has 1 nitrogen and oxygen atoms in total. The van der Waals surface area contributed by atoms with Crippen LogP contribution in [0.25, 0.3) is 0 Å². The van der Waals surface area contributed by atoms with Crippen LogP contribution in [-0.4, -0.2) is 6.10 Å². The Morgan fingerprint density at radius 2 is 2.27 bits per heavy atom. The van der Waals surface area contributed by atoms with E-state index >= 15 is 0 Å². The maximum Gasteiger partial charge on any atom is 0.133 e. The van der Waals surface area contributed by atoms with E-state index in [4.69, 9.17) is 4.74 Å². The molecule has 2 heteroatoms. The minimum absolute atomic E-state index is 0.172. The van der Waals surface area contributed by atoms with Gasteiger partial charge in [0.25, 0.3) is 0 Å². The summed E-state index contributed by atoms with van der Waals surface area (Å²) in [5.41, 5.74) is 1.31. The van der Waals surface area contributed by atoms with Crippen molar-refractivity contribution in [2.24, 2.45) is 0 Å². The Kier molecular flexibility index (Phi) is 4.89. The van der Waals surface area contributed by atoms with Gasteiger partial charge in [0, 0.05) is 6.42 Å². The Balaban J connectivity index is 2.73. The molecule has 0 saturated carbocycles. The molecular formula is C13H17BrO. The van der Waals surface area contributed by atoms with Gasteiger partial charge in [0.05, 0.1) is 10.6 Å². The second-order valence-electron chi connectivity index (χ2n) is 3.57. The average Bonchev–Trinajstić information content (AvgIpc) is 2.21. The van der Waals surface area contributed by atoms with Gasteiger partial charge in [-0.2, -0.15) is 0 Å². The molecule has 0 amide bonds. The van der Waals surface area contributed by atoms with Crippen molar-refractivity contribution in [3.8, 4) is 5.75 Å². The molecule has 1 aromatic carbocycles. The van der Waals surface area contributed by atoms with E-state index in [-0.39, 0.29) is 6.10 Å². The topological polar surface area (TPSA) is 9.23 Å². The molecule has 0 N–H and O–H groups in total. The van der Waals surface area contributed by atoms with Crippen molar-refractivity contribution in [3.05, 3.63) is 40.9 Å². The summed E-state index contributed by atoms with van der Waals surface area (Å²) in [5.74, 6) is 0.904. The van der Waals surface area contributed by atoms with Gasteiger partial charge < -0.3 is 4.74 Å². The Bertz CT molecular complexity index is 333. The second kappa shape index (κ2) is 5.96. The molecular weight excluding hydrogens is 252 g/mol. The fourth-order valence-corrected chi connectivity index (χ4v) is 1.88. The van der Waals surface area contributed by atoms with Crippen LogP contribution in [0.5, 0.6) is 5.75 Å². The Labute approximate surface area is 100 Å². The summed E-state index contributed by atoms with van der Waals surface area (Å²) in [5, 5.41) is 0. The van der Waals surface area contributed by atoms with Crippen molar-refractivity contribution in [1.82, 2.24) is 0 Å². The van der Waals surface area contributed by atoms with E-state index in [2.05, 4.69) is 41.6 Å². The van der Waals surface area contributed by atoms with E-state index in [9.17, 15) is 0 Å². The lowest BCUT2D eigenvalue weighted by Gasteiger charge is -2.14. The Morgan fingerprint density at radius 1 is 1.53 bits per heavy atom. The van der Waals surface area contributed by atoms with Crippen LogP contribution in [0.3, 0.4) is 0 Å². The first-order chi connectivity index (χ1) is 7.17. The van der Waals surface area contributed by atoms with Gasteiger partial charge in [-0.15, -0.1) is 6.58 Å². The summed E-state index contributed by atoms with van der Waals surface area (Å²) in [6.07, 6.45) is 3.95. The molecule has 0 bridgehead atoms. The highest BCUT2D eigenvalue weighted by molar-refractivity contribution is 9.10. The first-order valence-corrected chi connectivity index (χ1v) is 6.02. The number of halogens is 1. The molecule has 0 saturated heterocycles. The van der Waals surface area contributed by atoms with E-state index < -0.39 is 0 Å². The fraction of sp³-hybridized carbons (Fsp3) is 0.385. The predicted octanol–water partition coefficient (Wildman–Crippen LogP) is 4.35. The molecule has 0 heterocycles. The maximum absolute atomic E-state index is 5.77. The van der Waals surface area contributed by atoms with Crippen LogP contribution in [0.2, 0.25) is 0 Å². The van der Waals surface area contributed by atoms with Crippen LogP contribution in [-0.2, 0) is 6.42 Å². The maximum atomic E-state index is 5.77. The van der Waals surface area contributed by atoms with E-state index in [1.54, 1.807) is 0 Å². The van der Waals surface area contributed by atoms with E-state index in [0.29, 0.717) is 0 Å². The zero-order chi connectivity index (χ0) is 11.3. The summed E-state index contributed by atoms with van der Waals surface area (Å²) in [4.78, 5) is 0. The number of aryl methyl sites for hydroxylation is 1. The lowest BCUT2D eigenvalue weighted by atomic mass is 10.2. The van der Waals surface area contributed by atoms with Gasteiger partial charge in [-0.1, -0.05) is 19.1 Å². The van der Waals surface area contributed by atoms with Crippen molar-refractivity contribution >= 4 is 15.9 Å². The third-order valence-corrected chi connectivity index (χ3v) is 2.85. The van der Waals surface area contributed by atoms with Gasteiger partial charge in [-0.3, -0.25) is 0 Å². The number of rotatable bonds is 5. The molecule has 1 aromatic rings. The molecule has 0 aliphatic carbocycles. The smallest absolute Gasteiger partial charge is 0.133 e. The van der Waals surface area contributed by atoms with Crippen LogP contribution in [0.4, 0.5) is 0 Å². The zero-order valence-corrected chi connectivity index (χ0v) is 10.9. The summed E-state index contributed by atoms with van der Waals surface area (Å²) in [6.45, 7) is 7.89. The van der Waals surface area contributed by atoms with Crippen molar-refractivity contribution < 1.29 is 4.74 Å². The molecule has 1 atom stereocenters. The molecule has 0 aliphatic rings. The number of benzene rings is 1. The predicted molar refractivity (Wildman–Crippen MR) is 68.4 cm³/mol. The van der Waals surface area contributed by atoms with E-state index in [1.165, 1.54) is 5.56 Å². The third-order valence-electron chi connectivity index (χ3n) is 2.23. The van der Waals surface area contributed by atoms with Crippen molar-refractivity contribution in [2.45, 2.75) is 32.8 Å². The SMILES string of the molecule is C=CCC(C)Oc1ccc(CC)cc1Br. The molecule has 0 spiro atoms. The molecule has 0 aliphatic heterocycles. The summed E-state index contributed by atoms with van der Waals surface area (Å²) in [7, 11) is 0. The van der Waals surface area contributed by atoms with Gasteiger partial charge >= 0.3 is 0 Å². The summed E-state index contributed by atoms with van der Waals surface area (Å²) < 4.78 is 6.79. The summed E-state index contributed by atoms with van der Waals surface area (Å²) in [6, 6.07) is 6.22. The van der Waals surface area contributed by atoms with E-state index in [1.807, 2.05) is 19.1 Å². The number of ether oxygens (including phenoxy) is 1. The highest BCUT2D eigenvalue weighted by Crippen LogP contribution is 2.27. The van der Waals surface area contributed by atoms with Crippen LogP contribution >= 0.6 is 15.9 Å². The molecule has 0 radical (unpaired) electrons. The van der Waals surface area contributed by atoms with Crippen molar-refractivity contribution in [1.29, 1.82) is 0 Å². The number of hydrogen-bond acceptors (Lipinski definition) is 1. The minimum atomic E-state index is 0.172.